The van der Waals surface area contributed by atoms with Gasteiger partial charge in [0, 0.05) is 13.1 Å². The molecule has 1 rings (SSSR count). The summed E-state index contributed by atoms with van der Waals surface area (Å²) in [6.07, 6.45) is 3.07. The molecule has 1 aromatic rings. The highest BCUT2D eigenvalue weighted by molar-refractivity contribution is 5.94. The lowest BCUT2D eigenvalue weighted by Crippen LogP contribution is -2.41. The first-order valence-electron chi connectivity index (χ1n) is 5.72. The van der Waals surface area contributed by atoms with E-state index in [0.717, 1.165) is 6.29 Å². The molecule has 1 amide bonds. The van der Waals surface area contributed by atoms with Gasteiger partial charge in [-0.1, -0.05) is 19.9 Å². The first-order valence-corrected chi connectivity index (χ1v) is 5.72. The molecular weight excluding hydrogens is 216 g/mol. The molecule has 0 aliphatic heterocycles. The monoisotopic (exact) mass is 234 g/mol. The van der Waals surface area contributed by atoms with Crippen molar-refractivity contribution in [3.8, 4) is 0 Å². The molecule has 17 heavy (non-hydrogen) atoms. The third kappa shape index (κ3) is 3.66. The molecule has 0 radical (unpaired) electrons. The van der Waals surface area contributed by atoms with Crippen molar-refractivity contribution in [1.82, 2.24) is 4.98 Å². The molecule has 0 N–H and O–H groups in total. The van der Waals surface area contributed by atoms with Crippen molar-refractivity contribution in [2.75, 3.05) is 4.90 Å². The average Bonchev–Trinajstić information content (AvgIpc) is 2.28. The van der Waals surface area contributed by atoms with Crippen LogP contribution in [0.1, 0.15) is 27.2 Å². The van der Waals surface area contributed by atoms with Gasteiger partial charge in [0.2, 0.25) is 5.91 Å². The van der Waals surface area contributed by atoms with Crippen LogP contribution in [0.15, 0.2) is 24.4 Å². The highest BCUT2D eigenvalue weighted by Gasteiger charge is 2.23. The summed E-state index contributed by atoms with van der Waals surface area (Å²) in [5.74, 6) is 0.704. The Morgan fingerprint density at radius 3 is 2.59 bits per heavy atom. The molecule has 0 saturated carbocycles. The van der Waals surface area contributed by atoms with E-state index in [2.05, 4.69) is 4.98 Å². The predicted molar refractivity (Wildman–Crippen MR) is 66.7 cm³/mol. The van der Waals surface area contributed by atoms with Gasteiger partial charge in [-0.05, 0) is 24.5 Å². The summed E-state index contributed by atoms with van der Waals surface area (Å²) in [6, 6.07) is 4.87. The quantitative estimate of drug-likeness (QED) is 0.733. The van der Waals surface area contributed by atoms with Crippen molar-refractivity contribution >= 4 is 18.0 Å². The number of anilines is 1. The van der Waals surface area contributed by atoms with Crippen molar-refractivity contribution in [3.05, 3.63) is 24.4 Å². The fraction of sp³-hybridized carbons (Fsp3) is 0.462. The molecule has 0 saturated heterocycles. The largest absolute Gasteiger partial charge is 0.301 e. The molecule has 0 aromatic carbocycles. The summed E-state index contributed by atoms with van der Waals surface area (Å²) >= 11 is 0. The van der Waals surface area contributed by atoms with Crippen molar-refractivity contribution < 1.29 is 9.59 Å². The maximum atomic E-state index is 11.7. The summed E-state index contributed by atoms with van der Waals surface area (Å²) in [5, 5.41) is 0. The van der Waals surface area contributed by atoms with Crippen LogP contribution in [0.5, 0.6) is 0 Å². The minimum absolute atomic E-state index is 0.165. The van der Waals surface area contributed by atoms with Crippen LogP contribution in [0.2, 0.25) is 0 Å². The number of amides is 1. The first kappa shape index (κ1) is 13.4. The van der Waals surface area contributed by atoms with Crippen molar-refractivity contribution in [3.63, 3.8) is 0 Å². The Morgan fingerprint density at radius 1 is 1.47 bits per heavy atom. The van der Waals surface area contributed by atoms with Crippen LogP contribution in [-0.4, -0.2) is 23.2 Å². The third-order valence-corrected chi connectivity index (χ3v) is 2.44. The fourth-order valence-electron chi connectivity index (χ4n) is 1.77. The van der Waals surface area contributed by atoms with Gasteiger partial charge in [0.05, 0.1) is 6.04 Å². The molecular formula is C13H18N2O2. The Kier molecular flexibility index (Phi) is 4.82. The van der Waals surface area contributed by atoms with Crippen LogP contribution in [0.25, 0.3) is 0 Å². The lowest BCUT2D eigenvalue weighted by Gasteiger charge is -2.27. The van der Waals surface area contributed by atoms with Gasteiger partial charge in [-0.3, -0.25) is 9.69 Å². The van der Waals surface area contributed by atoms with Gasteiger partial charge in [0.1, 0.15) is 12.1 Å². The molecule has 0 spiro atoms. The van der Waals surface area contributed by atoms with Crippen molar-refractivity contribution in [1.29, 1.82) is 0 Å². The number of rotatable bonds is 5. The third-order valence-electron chi connectivity index (χ3n) is 2.44. The lowest BCUT2D eigenvalue weighted by atomic mass is 10.0. The number of carbonyl (C=O) groups is 2. The minimum Gasteiger partial charge on any atom is -0.301 e. The lowest BCUT2D eigenvalue weighted by molar-refractivity contribution is -0.119. The van der Waals surface area contributed by atoms with Crippen LogP contribution in [0.3, 0.4) is 0 Å². The van der Waals surface area contributed by atoms with E-state index in [1.165, 1.54) is 11.8 Å². The zero-order chi connectivity index (χ0) is 12.8. The van der Waals surface area contributed by atoms with Gasteiger partial charge in [-0.15, -0.1) is 0 Å². The maximum absolute atomic E-state index is 11.7. The number of hydrogen-bond acceptors (Lipinski definition) is 3. The Hall–Kier alpha value is -1.71. The number of hydrogen-bond donors (Lipinski definition) is 0. The molecule has 1 aromatic heterocycles. The van der Waals surface area contributed by atoms with E-state index in [0.29, 0.717) is 18.2 Å². The molecule has 4 nitrogen and oxygen atoms in total. The first-order chi connectivity index (χ1) is 8.06. The van der Waals surface area contributed by atoms with Crippen LogP contribution < -0.4 is 4.90 Å². The standard InChI is InChI=1S/C13H18N2O2/c1-10(2)8-12(9-16)15(11(3)17)13-6-4-5-7-14-13/h4-7,9-10,12H,8H2,1-3H3/t12-/m0/s1. The topological polar surface area (TPSA) is 50.3 Å². The second-order valence-corrected chi connectivity index (χ2v) is 4.41. The second kappa shape index (κ2) is 6.13. The van der Waals surface area contributed by atoms with Gasteiger partial charge in [0.15, 0.2) is 0 Å². The Balaban J connectivity index is 2.99. The molecule has 92 valence electrons. The van der Waals surface area contributed by atoms with E-state index in [-0.39, 0.29) is 5.91 Å². The predicted octanol–water partition coefficient (Wildman–Crippen LogP) is 2.05. The van der Waals surface area contributed by atoms with Gasteiger partial charge >= 0.3 is 0 Å². The van der Waals surface area contributed by atoms with E-state index < -0.39 is 6.04 Å². The van der Waals surface area contributed by atoms with E-state index in [1.807, 2.05) is 13.8 Å². The van der Waals surface area contributed by atoms with E-state index in [9.17, 15) is 9.59 Å². The molecule has 0 aliphatic carbocycles. The normalized spacial score (nSPS) is 12.2. The molecule has 0 bridgehead atoms. The molecule has 1 atom stereocenters. The van der Waals surface area contributed by atoms with E-state index in [1.54, 1.807) is 24.4 Å². The van der Waals surface area contributed by atoms with Crippen molar-refractivity contribution in [2.45, 2.75) is 33.2 Å². The zero-order valence-electron chi connectivity index (χ0n) is 10.5. The second-order valence-electron chi connectivity index (χ2n) is 4.41. The van der Waals surface area contributed by atoms with Crippen LogP contribution in [0.4, 0.5) is 5.82 Å². The maximum Gasteiger partial charge on any atom is 0.225 e. The van der Waals surface area contributed by atoms with Crippen LogP contribution >= 0.6 is 0 Å². The van der Waals surface area contributed by atoms with Gasteiger partial charge in [-0.25, -0.2) is 4.98 Å². The highest BCUT2D eigenvalue weighted by atomic mass is 16.2. The van der Waals surface area contributed by atoms with Crippen LogP contribution in [0, 0.1) is 5.92 Å². The Bertz CT molecular complexity index is 376. The van der Waals surface area contributed by atoms with Crippen molar-refractivity contribution in [2.24, 2.45) is 5.92 Å². The van der Waals surface area contributed by atoms with E-state index in [4.69, 9.17) is 0 Å². The number of pyridine rings is 1. The number of aromatic nitrogens is 1. The summed E-state index contributed by atoms with van der Waals surface area (Å²) in [5.41, 5.74) is 0. The average molecular weight is 234 g/mol. The van der Waals surface area contributed by atoms with Gasteiger partial charge < -0.3 is 4.79 Å². The number of aldehydes is 1. The summed E-state index contributed by atoms with van der Waals surface area (Å²) in [6.45, 7) is 5.49. The fourth-order valence-corrected chi connectivity index (χ4v) is 1.77. The summed E-state index contributed by atoms with van der Waals surface area (Å²) in [7, 11) is 0. The van der Waals surface area contributed by atoms with Crippen LogP contribution in [-0.2, 0) is 9.59 Å². The number of carbonyl (C=O) groups excluding carboxylic acids is 2. The Morgan fingerprint density at radius 2 is 2.18 bits per heavy atom. The molecule has 0 fully saturated rings. The summed E-state index contributed by atoms with van der Waals surface area (Å²) in [4.78, 5) is 28.4. The van der Waals surface area contributed by atoms with E-state index >= 15 is 0 Å². The van der Waals surface area contributed by atoms with Gasteiger partial charge in [-0.2, -0.15) is 0 Å². The summed E-state index contributed by atoms with van der Waals surface area (Å²) < 4.78 is 0. The Labute approximate surface area is 102 Å². The molecule has 1 heterocycles. The number of nitrogens with zero attached hydrogens (tertiary/aromatic N) is 2. The highest BCUT2D eigenvalue weighted by Crippen LogP contribution is 2.17. The molecule has 4 heteroatoms. The SMILES string of the molecule is CC(=O)N(c1ccccn1)[C@H](C=O)CC(C)C. The minimum atomic E-state index is -0.442. The molecule has 0 unspecified atom stereocenters. The zero-order valence-corrected chi connectivity index (χ0v) is 10.5. The van der Waals surface area contributed by atoms with Gasteiger partial charge in [0.25, 0.3) is 0 Å². The smallest absolute Gasteiger partial charge is 0.225 e. The molecule has 0 aliphatic rings.